The Morgan fingerprint density at radius 1 is 0.307 bits per heavy atom. The molecule has 0 unspecified atom stereocenters. The van der Waals surface area contributed by atoms with E-state index in [1.165, 1.54) is 0 Å². The van der Waals surface area contributed by atoms with Gasteiger partial charge in [-0.2, -0.15) is 10.5 Å². The number of hydrogen-bond acceptors (Lipinski definition) is 13. The second-order valence-electron chi connectivity index (χ2n) is 27.2. The third-order valence-electron chi connectivity index (χ3n) is 20.0. The molecule has 14 aromatic carbocycles. The summed E-state index contributed by atoms with van der Waals surface area (Å²) in [6.45, 7) is 8.25. The SMILES string of the molecule is [C-]#[N+]c1cccc(-c2ccc(-n3c4ccc(C(=O)OCc5ccccc5)cc4c4cc(C(=O)OCc5ccccc5)ccc43)c(-c3nc(-c4ccccc4-c4ccc(C#N)cc4)nc(-c4cc(-c5cccc(C#N)c5)ccc4-n4c5ccc(C(=O)OCc6ccccc6)cc5c5cc(C(=O)OCc6ccccc6)ccc54)n3)c2)c1. The third kappa shape index (κ3) is 14.4. The first-order chi connectivity index (χ1) is 56.0. The van der Waals surface area contributed by atoms with E-state index in [2.05, 4.69) is 21.6 Å². The molecule has 17 rings (SSSR count). The number of rotatable bonds is 20. The molecular weight excluding hydrogens is 1420 g/mol. The average molecular weight is 1480 g/mol. The Hall–Kier alpha value is -16.0. The molecular formula is C98H62N8O8. The van der Waals surface area contributed by atoms with Gasteiger partial charge in [0, 0.05) is 38.2 Å². The Balaban J connectivity index is 0.922. The molecule has 0 spiro atoms. The number of fused-ring (bicyclic) bond motifs is 6. The quantitative estimate of drug-likeness (QED) is 0.0396. The van der Waals surface area contributed by atoms with Crippen LogP contribution < -0.4 is 0 Å². The summed E-state index contributed by atoms with van der Waals surface area (Å²) < 4.78 is 27.9. The first kappa shape index (κ1) is 71.0. The lowest BCUT2D eigenvalue weighted by Crippen LogP contribution is -2.07. The van der Waals surface area contributed by atoms with Crippen molar-refractivity contribution in [1.29, 1.82) is 10.5 Å². The summed E-state index contributed by atoms with van der Waals surface area (Å²) in [4.78, 5) is 78.1. The molecule has 0 saturated heterocycles. The van der Waals surface area contributed by atoms with Crippen LogP contribution in [0.4, 0.5) is 5.69 Å². The van der Waals surface area contributed by atoms with Crippen molar-refractivity contribution >= 4 is 73.2 Å². The van der Waals surface area contributed by atoms with Crippen LogP contribution in [-0.4, -0.2) is 48.0 Å². The van der Waals surface area contributed by atoms with Crippen molar-refractivity contribution in [3.05, 3.63) is 395 Å². The molecule has 3 heterocycles. The second kappa shape index (κ2) is 31.3. The number of nitriles is 2. The highest BCUT2D eigenvalue weighted by Crippen LogP contribution is 2.44. The van der Waals surface area contributed by atoms with Crippen molar-refractivity contribution < 1.29 is 38.1 Å². The molecule has 16 nitrogen and oxygen atoms in total. The van der Waals surface area contributed by atoms with Crippen LogP contribution >= 0.6 is 0 Å². The van der Waals surface area contributed by atoms with E-state index in [9.17, 15) is 29.7 Å². The fraction of sp³-hybridized carbons (Fsp3) is 0.0408. The molecule has 17 aromatic rings. The van der Waals surface area contributed by atoms with Gasteiger partial charge < -0.3 is 28.1 Å². The minimum atomic E-state index is -0.562. The molecule has 0 fully saturated rings. The molecule has 0 aliphatic carbocycles. The largest absolute Gasteiger partial charge is 0.457 e. The van der Waals surface area contributed by atoms with Gasteiger partial charge in [-0.05, 0) is 183 Å². The van der Waals surface area contributed by atoms with Crippen molar-refractivity contribution in [2.75, 3.05) is 0 Å². The molecule has 0 saturated carbocycles. The van der Waals surface area contributed by atoms with Crippen molar-refractivity contribution in [2.45, 2.75) is 26.4 Å². The zero-order chi connectivity index (χ0) is 77.6. The predicted octanol–water partition coefficient (Wildman–Crippen LogP) is 21.8. The van der Waals surface area contributed by atoms with E-state index in [4.69, 9.17) is 40.5 Å². The van der Waals surface area contributed by atoms with Crippen LogP contribution in [0, 0.1) is 29.2 Å². The number of aromatic nitrogens is 5. The summed E-state index contributed by atoms with van der Waals surface area (Å²) >= 11 is 0. The van der Waals surface area contributed by atoms with Crippen molar-refractivity contribution in [3.63, 3.8) is 0 Å². The maximum Gasteiger partial charge on any atom is 0.338 e. The average Bonchev–Trinajstić information content (AvgIpc) is 1.51. The Morgan fingerprint density at radius 2 is 0.640 bits per heavy atom. The van der Waals surface area contributed by atoms with E-state index in [1.54, 1.807) is 72.8 Å². The van der Waals surface area contributed by atoms with Gasteiger partial charge in [-0.1, -0.05) is 200 Å². The van der Waals surface area contributed by atoms with Gasteiger partial charge in [-0.25, -0.2) is 39.0 Å². The lowest BCUT2D eigenvalue weighted by molar-refractivity contribution is 0.0464. The van der Waals surface area contributed by atoms with Gasteiger partial charge in [0.2, 0.25) is 0 Å². The molecule has 0 amide bonds. The standard InChI is InChI=1S/C98H62N8O8/c1-101-77-29-17-28-70(49-77)72-37-43-91(106-88-46-40-75(97(109)113-60-65-22-10-4-11-23-65)54-82(88)83-55-76(41-47-89(83)106)98(110)114-61-66-24-12-5-13-25-66)85(51-72)94-103-92(79-31-15-14-30-78(79)68-34-32-62(56-99)33-35-68)102-93(104-94)84-50-71(69-27-16-26-67(48-69)57-100)36-42-90(84)105-86-44-38-73(95(107)111-58-63-18-6-2-7-19-63)52-80(86)81-53-74(39-45-87(81)105)96(108)112-59-64-20-8-3-9-21-64/h2-55H,58-61H2. The van der Waals surface area contributed by atoms with Gasteiger partial charge in [0.25, 0.3) is 0 Å². The number of hydrogen-bond donors (Lipinski definition) is 0. The van der Waals surface area contributed by atoms with E-state index >= 15 is 0 Å². The predicted molar refractivity (Wildman–Crippen MR) is 439 cm³/mol. The summed E-state index contributed by atoms with van der Waals surface area (Å²) in [5, 5.41) is 22.8. The van der Waals surface area contributed by atoms with Gasteiger partial charge in [-0.15, -0.1) is 0 Å². The first-order valence-corrected chi connectivity index (χ1v) is 36.6. The molecule has 0 aliphatic heterocycles. The third-order valence-corrected chi connectivity index (χ3v) is 20.0. The Morgan fingerprint density at radius 3 is 1.02 bits per heavy atom. The van der Waals surface area contributed by atoms with E-state index < -0.39 is 23.9 Å². The maximum atomic E-state index is 14.3. The van der Waals surface area contributed by atoms with Gasteiger partial charge in [0.15, 0.2) is 23.2 Å². The van der Waals surface area contributed by atoms with Crippen LogP contribution in [0.2, 0.25) is 0 Å². The maximum absolute atomic E-state index is 14.3. The fourth-order valence-corrected chi connectivity index (χ4v) is 14.4. The highest BCUT2D eigenvalue weighted by molar-refractivity contribution is 6.15. The van der Waals surface area contributed by atoms with Crippen molar-refractivity contribution in [1.82, 2.24) is 24.1 Å². The second-order valence-corrected chi connectivity index (χ2v) is 27.2. The van der Waals surface area contributed by atoms with Gasteiger partial charge >= 0.3 is 23.9 Å². The van der Waals surface area contributed by atoms with Crippen LogP contribution in [0.1, 0.15) is 74.8 Å². The monoisotopic (exact) mass is 1480 g/mol. The van der Waals surface area contributed by atoms with E-state index in [0.717, 1.165) is 38.9 Å². The Labute approximate surface area is 654 Å². The number of carbonyl (C=O) groups excluding carboxylic acids is 4. The number of ether oxygens (including phenoxy) is 4. The lowest BCUT2D eigenvalue weighted by atomic mass is 9.97. The van der Waals surface area contributed by atoms with Gasteiger partial charge in [0.05, 0.1) is 85.5 Å². The Kier molecular flexibility index (Phi) is 19.5. The number of carbonyl (C=O) groups is 4. The van der Waals surface area contributed by atoms with Crippen LogP contribution in [0.25, 0.3) is 127 Å². The summed E-state index contributed by atoms with van der Waals surface area (Å²) in [7, 11) is 0. The van der Waals surface area contributed by atoms with Crippen LogP contribution in [0.15, 0.2) is 328 Å². The molecule has 0 bridgehead atoms. The molecule has 0 radical (unpaired) electrons. The van der Waals surface area contributed by atoms with Crippen LogP contribution in [0.5, 0.6) is 0 Å². The van der Waals surface area contributed by atoms with Crippen LogP contribution in [0.3, 0.4) is 0 Å². The summed E-state index contributed by atoms with van der Waals surface area (Å²) in [5.74, 6) is -1.64. The molecule has 3 aromatic heterocycles. The van der Waals surface area contributed by atoms with Gasteiger partial charge in [0.1, 0.15) is 26.4 Å². The minimum absolute atomic E-state index is 0.0288. The number of nitrogens with zero attached hydrogens (tertiary/aromatic N) is 8. The smallest absolute Gasteiger partial charge is 0.338 e. The normalized spacial score (nSPS) is 11.1. The molecule has 542 valence electrons. The zero-order valence-corrected chi connectivity index (χ0v) is 60.8. The topological polar surface area (TPSA) is 206 Å². The Bertz CT molecular complexity index is 6220. The molecule has 0 atom stereocenters. The van der Waals surface area contributed by atoms with Crippen molar-refractivity contribution in [2.24, 2.45) is 0 Å². The zero-order valence-electron chi connectivity index (χ0n) is 60.8. The first-order valence-electron chi connectivity index (χ1n) is 36.6. The fourth-order valence-electron chi connectivity index (χ4n) is 14.4. The van der Waals surface area contributed by atoms with E-state index in [0.29, 0.717) is 105 Å². The number of esters is 4. The summed E-state index contributed by atoms with van der Waals surface area (Å²) in [6.07, 6.45) is 0. The molecule has 0 N–H and O–H groups in total. The molecule has 114 heavy (non-hydrogen) atoms. The summed E-state index contributed by atoms with van der Waals surface area (Å²) in [5.41, 5.74) is 15.1. The summed E-state index contributed by atoms with van der Waals surface area (Å²) in [6, 6.07) is 105. The minimum Gasteiger partial charge on any atom is -0.457 e. The van der Waals surface area contributed by atoms with E-state index in [1.807, 2.05) is 259 Å². The van der Waals surface area contributed by atoms with E-state index in [-0.39, 0.29) is 66.2 Å². The molecule has 0 aliphatic rings. The van der Waals surface area contributed by atoms with Crippen LogP contribution in [-0.2, 0) is 45.4 Å². The molecule has 16 heteroatoms. The number of benzene rings is 14. The highest BCUT2D eigenvalue weighted by Gasteiger charge is 2.28. The lowest BCUT2D eigenvalue weighted by Gasteiger charge is -2.19. The highest BCUT2D eigenvalue weighted by atomic mass is 16.5. The van der Waals surface area contributed by atoms with Gasteiger partial charge in [-0.3, -0.25) is 0 Å². The van der Waals surface area contributed by atoms with Crippen molar-refractivity contribution in [3.8, 4) is 91.1 Å².